The van der Waals surface area contributed by atoms with Crippen molar-refractivity contribution in [3.8, 4) is 0 Å². The lowest BCUT2D eigenvalue weighted by Crippen LogP contribution is -2.27. The molecule has 0 atom stereocenters. The molecule has 0 saturated carbocycles. The summed E-state index contributed by atoms with van der Waals surface area (Å²) in [5, 5.41) is 1.000. The highest BCUT2D eigenvalue weighted by Gasteiger charge is 2.01. The van der Waals surface area contributed by atoms with Crippen LogP contribution in [0.3, 0.4) is 0 Å². The summed E-state index contributed by atoms with van der Waals surface area (Å²) >= 11 is 0. The first kappa shape index (κ1) is 14.7. The van der Waals surface area contributed by atoms with E-state index in [1.807, 2.05) is 30.3 Å². The van der Waals surface area contributed by atoms with Crippen LogP contribution in [0, 0.1) is 5.82 Å². The number of carbonyl (C=O) groups excluding carboxylic acids is 1. The maximum Gasteiger partial charge on any atom is 0.262 e. The second-order valence-corrected chi connectivity index (χ2v) is 4.89. The van der Waals surface area contributed by atoms with Crippen molar-refractivity contribution in [3.63, 3.8) is 0 Å². The Bertz CT molecular complexity index is 877. The van der Waals surface area contributed by atoms with Gasteiger partial charge in [-0.1, -0.05) is 30.3 Å². The fourth-order valence-electron chi connectivity index (χ4n) is 2.08. The smallest absolute Gasteiger partial charge is 0.262 e. The summed E-state index contributed by atoms with van der Waals surface area (Å²) in [5.41, 5.74) is 6.87. The fourth-order valence-corrected chi connectivity index (χ4v) is 2.08. The number of para-hydroxylation sites is 2. The third-order valence-electron chi connectivity index (χ3n) is 3.23. The third kappa shape index (κ3) is 3.71. The van der Waals surface area contributed by atoms with Crippen molar-refractivity contribution in [1.82, 2.24) is 10.4 Å². The summed E-state index contributed by atoms with van der Waals surface area (Å²) in [6, 6.07) is 15.8. The predicted molar refractivity (Wildman–Crippen MR) is 88.9 cm³/mol. The largest absolute Gasteiger partial charge is 0.295 e. The number of nitrogens with one attached hydrogen (secondary N) is 2. The standard InChI is InChI=1S/C18H14FN3O/c19-15-6-2-4-8-17(15)21-22-18(23)10-9-13-11-14-5-1-3-7-16(14)20-12-13/h1-12,21H,(H,22,23). The van der Waals surface area contributed by atoms with Gasteiger partial charge in [0.25, 0.3) is 5.91 Å². The summed E-state index contributed by atoms with van der Waals surface area (Å²) in [4.78, 5) is 16.1. The molecule has 1 aromatic heterocycles. The molecule has 1 heterocycles. The molecule has 0 aliphatic rings. The molecule has 0 aliphatic heterocycles. The van der Waals surface area contributed by atoms with Gasteiger partial charge in [-0.05, 0) is 35.9 Å². The lowest BCUT2D eigenvalue weighted by molar-refractivity contribution is -0.115. The van der Waals surface area contributed by atoms with Gasteiger partial charge in [0.05, 0.1) is 11.2 Å². The Balaban J connectivity index is 1.64. The summed E-state index contributed by atoms with van der Waals surface area (Å²) in [6.45, 7) is 0. The molecule has 1 amide bonds. The maximum absolute atomic E-state index is 13.4. The average Bonchev–Trinajstić information content (AvgIpc) is 2.59. The SMILES string of the molecule is O=C(C=Cc1cnc2ccccc2c1)NNc1ccccc1F. The minimum atomic E-state index is -0.435. The fraction of sp³-hybridized carbons (Fsp3) is 0. The van der Waals surface area contributed by atoms with E-state index in [-0.39, 0.29) is 11.6 Å². The molecule has 3 aromatic rings. The Morgan fingerprint density at radius 3 is 2.74 bits per heavy atom. The van der Waals surface area contributed by atoms with Crippen LogP contribution in [0.5, 0.6) is 0 Å². The molecule has 0 spiro atoms. The molecule has 3 rings (SSSR count). The van der Waals surface area contributed by atoms with Crippen molar-refractivity contribution >= 4 is 28.6 Å². The Morgan fingerprint density at radius 2 is 1.87 bits per heavy atom. The van der Waals surface area contributed by atoms with Crippen molar-refractivity contribution in [3.05, 3.63) is 78.3 Å². The van der Waals surface area contributed by atoms with E-state index in [4.69, 9.17) is 0 Å². The number of halogens is 1. The van der Waals surface area contributed by atoms with E-state index >= 15 is 0 Å². The number of anilines is 1. The van der Waals surface area contributed by atoms with Gasteiger partial charge in [-0.15, -0.1) is 0 Å². The van der Waals surface area contributed by atoms with Gasteiger partial charge in [-0.2, -0.15) is 0 Å². The van der Waals surface area contributed by atoms with Gasteiger partial charge < -0.3 is 0 Å². The lowest BCUT2D eigenvalue weighted by atomic mass is 10.1. The lowest BCUT2D eigenvalue weighted by Gasteiger charge is -2.06. The average molecular weight is 307 g/mol. The van der Waals surface area contributed by atoms with Crippen LogP contribution in [0.15, 0.2) is 66.9 Å². The highest BCUT2D eigenvalue weighted by molar-refractivity contribution is 5.93. The minimum Gasteiger partial charge on any atom is -0.295 e. The third-order valence-corrected chi connectivity index (χ3v) is 3.23. The number of carbonyl (C=O) groups is 1. The Morgan fingerprint density at radius 1 is 1.09 bits per heavy atom. The molecule has 2 aromatic carbocycles. The van der Waals surface area contributed by atoms with Gasteiger partial charge in [0, 0.05) is 17.7 Å². The number of pyridine rings is 1. The maximum atomic E-state index is 13.4. The zero-order valence-electron chi connectivity index (χ0n) is 12.2. The van der Waals surface area contributed by atoms with Crippen LogP contribution in [0.4, 0.5) is 10.1 Å². The summed E-state index contributed by atoms with van der Waals surface area (Å²) in [6.07, 6.45) is 4.70. The second-order valence-electron chi connectivity index (χ2n) is 4.89. The van der Waals surface area contributed by atoms with Crippen LogP contribution in [-0.2, 0) is 4.79 Å². The first-order valence-electron chi connectivity index (χ1n) is 7.06. The van der Waals surface area contributed by atoms with Gasteiger partial charge in [0.2, 0.25) is 0 Å². The van der Waals surface area contributed by atoms with Crippen molar-refractivity contribution in [2.24, 2.45) is 0 Å². The highest BCUT2D eigenvalue weighted by Crippen LogP contribution is 2.13. The number of hydrogen-bond donors (Lipinski definition) is 2. The first-order valence-corrected chi connectivity index (χ1v) is 7.06. The van der Waals surface area contributed by atoms with Gasteiger partial charge >= 0.3 is 0 Å². The van der Waals surface area contributed by atoms with Crippen molar-refractivity contribution in [2.45, 2.75) is 0 Å². The minimum absolute atomic E-state index is 0.210. The molecule has 23 heavy (non-hydrogen) atoms. The monoisotopic (exact) mass is 307 g/mol. The number of aromatic nitrogens is 1. The van der Waals surface area contributed by atoms with Crippen LogP contribution >= 0.6 is 0 Å². The van der Waals surface area contributed by atoms with Gasteiger partial charge in [0.1, 0.15) is 5.82 Å². The molecule has 0 unspecified atom stereocenters. The predicted octanol–water partition coefficient (Wildman–Crippen LogP) is 3.53. The molecule has 0 fully saturated rings. The molecule has 0 aliphatic carbocycles. The quantitative estimate of drug-likeness (QED) is 0.573. The number of nitrogens with zero attached hydrogens (tertiary/aromatic N) is 1. The Kier molecular flexibility index (Phi) is 4.29. The van der Waals surface area contributed by atoms with E-state index < -0.39 is 5.82 Å². The molecule has 0 saturated heterocycles. The number of fused-ring (bicyclic) bond motifs is 1. The zero-order valence-corrected chi connectivity index (χ0v) is 12.2. The molecule has 4 nitrogen and oxygen atoms in total. The van der Waals surface area contributed by atoms with Crippen LogP contribution in [0.1, 0.15) is 5.56 Å². The number of hydrazine groups is 1. The first-order chi connectivity index (χ1) is 11.2. The molecule has 5 heteroatoms. The van der Waals surface area contributed by atoms with E-state index in [2.05, 4.69) is 15.8 Å². The van der Waals surface area contributed by atoms with Gasteiger partial charge in [-0.25, -0.2) is 4.39 Å². The van der Waals surface area contributed by atoms with E-state index in [9.17, 15) is 9.18 Å². The summed E-state index contributed by atoms with van der Waals surface area (Å²) in [5.74, 6) is -0.822. The van der Waals surface area contributed by atoms with Crippen LogP contribution in [0.2, 0.25) is 0 Å². The molecule has 0 radical (unpaired) electrons. The highest BCUT2D eigenvalue weighted by atomic mass is 19.1. The molecular weight excluding hydrogens is 293 g/mol. The van der Waals surface area contributed by atoms with Gasteiger partial charge in [0.15, 0.2) is 0 Å². The normalized spacial score (nSPS) is 10.8. The molecule has 0 bridgehead atoms. The number of rotatable bonds is 4. The Hall–Kier alpha value is -3.21. The second kappa shape index (κ2) is 6.70. The van der Waals surface area contributed by atoms with Crippen LogP contribution in [-0.4, -0.2) is 10.9 Å². The molecule has 114 valence electrons. The summed E-state index contributed by atoms with van der Waals surface area (Å²) < 4.78 is 13.4. The molecular formula is C18H14FN3O. The van der Waals surface area contributed by atoms with E-state index in [1.165, 1.54) is 18.2 Å². The number of benzene rings is 2. The number of hydrogen-bond acceptors (Lipinski definition) is 3. The van der Waals surface area contributed by atoms with E-state index in [1.54, 1.807) is 24.4 Å². The van der Waals surface area contributed by atoms with Crippen molar-refractivity contribution in [1.29, 1.82) is 0 Å². The van der Waals surface area contributed by atoms with E-state index in [0.29, 0.717) is 0 Å². The topological polar surface area (TPSA) is 54.0 Å². The van der Waals surface area contributed by atoms with E-state index in [0.717, 1.165) is 16.5 Å². The number of amides is 1. The van der Waals surface area contributed by atoms with Crippen molar-refractivity contribution in [2.75, 3.05) is 5.43 Å². The molecule has 2 N–H and O–H groups in total. The van der Waals surface area contributed by atoms with Crippen molar-refractivity contribution < 1.29 is 9.18 Å². The zero-order chi connectivity index (χ0) is 16.1. The van der Waals surface area contributed by atoms with Crippen LogP contribution < -0.4 is 10.9 Å². The summed E-state index contributed by atoms with van der Waals surface area (Å²) in [7, 11) is 0. The van der Waals surface area contributed by atoms with Gasteiger partial charge in [-0.3, -0.25) is 20.6 Å². The van der Waals surface area contributed by atoms with Crippen LogP contribution in [0.25, 0.3) is 17.0 Å². The Labute approximate surface area is 132 Å².